The Labute approximate surface area is 51.8 Å². The normalized spacial score (nSPS) is 7.22. The number of amides is 1. The minimum atomic E-state index is -0.333. The number of rotatable bonds is 0. The Morgan fingerprint density at radius 2 is 2.33 bits per heavy atom. The summed E-state index contributed by atoms with van der Waals surface area (Å²) < 4.78 is 4.22. The van der Waals surface area contributed by atoms with Crippen LogP contribution in [0.25, 0.3) is 0 Å². The summed E-state index contributed by atoms with van der Waals surface area (Å²) in [5.41, 5.74) is 4.47. The van der Waals surface area contributed by atoms with Crippen LogP contribution in [-0.4, -0.2) is 16.3 Å². The van der Waals surface area contributed by atoms with Crippen LogP contribution in [0.15, 0.2) is 17.0 Å². The summed E-state index contributed by atoms with van der Waals surface area (Å²) in [5.74, 6) is -0.333. The highest BCUT2D eigenvalue weighted by atomic mass is 16.5. The quantitative estimate of drug-likeness (QED) is 0.514. The number of carbonyl (C=O) groups excluding carboxylic acids is 1. The lowest BCUT2D eigenvalue weighted by atomic mass is 10.8. The Morgan fingerprint density at radius 3 is 2.44 bits per heavy atom. The molecule has 5 heteroatoms. The van der Waals surface area contributed by atoms with Crippen LogP contribution >= 0.6 is 0 Å². The van der Waals surface area contributed by atoms with Crippen molar-refractivity contribution in [3.05, 3.63) is 12.5 Å². The summed E-state index contributed by atoms with van der Waals surface area (Å²) >= 11 is 0. The highest BCUT2D eigenvalue weighted by Gasteiger charge is 1.62. The van der Waals surface area contributed by atoms with Gasteiger partial charge in [-0.05, 0) is 0 Å². The van der Waals surface area contributed by atoms with Gasteiger partial charge in [-0.25, -0.2) is 0 Å². The van der Waals surface area contributed by atoms with E-state index >= 15 is 0 Å². The lowest BCUT2D eigenvalue weighted by Crippen LogP contribution is -2.01. The van der Waals surface area contributed by atoms with Gasteiger partial charge in [0.2, 0.25) is 5.91 Å². The summed E-state index contributed by atoms with van der Waals surface area (Å²) in [6.45, 7) is 1.31. The minimum Gasteiger partial charge on any atom is -0.370 e. The molecular formula is C4H7N3O2. The van der Waals surface area contributed by atoms with Gasteiger partial charge >= 0.3 is 0 Å². The van der Waals surface area contributed by atoms with E-state index in [-0.39, 0.29) is 5.91 Å². The van der Waals surface area contributed by atoms with Gasteiger partial charge < -0.3 is 10.3 Å². The third-order valence-electron chi connectivity index (χ3n) is 0.283. The van der Waals surface area contributed by atoms with Gasteiger partial charge in [0, 0.05) is 12.2 Å². The zero-order valence-corrected chi connectivity index (χ0v) is 4.94. The molecule has 0 aliphatic rings. The molecule has 0 aliphatic carbocycles. The molecule has 1 rings (SSSR count). The molecule has 5 nitrogen and oxygen atoms in total. The second-order valence-corrected chi connectivity index (χ2v) is 1.20. The van der Waals surface area contributed by atoms with Gasteiger partial charge in [0.05, 0.1) is 6.20 Å². The summed E-state index contributed by atoms with van der Waals surface area (Å²) in [6.07, 6.45) is 2.88. The number of nitrogens with two attached hydrogens (primary N) is 1. The third-order valence-corrected chi connectivity index (χ3v) is 0.283. The average molecular weight is 129 g/mol. The average Bonchev–Trinajstić information content (AvgIpc) is 2.11. The molecule has 0 fully saturated rings. The Hall–Kier alpha value is -1.39. The van der Waals surface area contributed by atoms with Crippen molar-refractivity contribution in [3.63, 3.8) is 0 Å². The van der Waals surface area contributed by atoms with Crippen molar-refractivity contribution in [2.75, 3.05) is 0 Å². The predicted molar refractivity (Wildman–Crippen MR) is 29.2 cm³/mol. The van der Waals surface area contributed by atoms with Crippen molar-refractivity contribution < 1.29 is 9.32 Å². The van der Waals surface area contributed by atoms with E-state index < -0.39 is 0 Å². The van der Waals surface area contributed by atoms with Crippen LogP contribution < -0.4 is 5.73 Å². The molecule has 1 heterocycles. The number of primary amides is 1. The Morgan fingerprint density at radius 1 is 1.78 bits per heavy atom. The third kappa shape index (κ3) is 10.8. The molecule has 1 amide bonds. The van der Waals surface area contributed by atoms with Crippen molar-refractivity contribution >= 4 is 5.91 Å². The SMILES string of the molecule is CC(N)=O.c1conn1. The monoisotopic (exact) mass is 129 g/mol. The van der Waals surface area contributed by atoms with E-state index in [4.69, 9.17) is 0 Å². The summed E-state index contributed by atoms with van der Waals surface area (Å²) in [4.78, 5) is 9.22. The molecule has 0 atom stereocenters. The number of aromatic nitrogens is 2. The number of hydrogen-bond donors (Lipinski definition) is 1. The van der Waals surface area contributed by atoms with Crippen LogP contribution in [0, 0.1) is 0 Å². The fourth-order valence-corrected chi connectivity index (χ4v) is 0.136. The first-order valence-electron chi connectivity index (χ1n) is 2.20. The van der Waals surface area contributed by atoms with E-state index in [2.05, 4.69) is 20.6 Å². The van der Waals surface area contributed by atoms with Gasteiger partial charge in [-0.15, -0.1) is 5.10 Å². The number of carbonyl (C=O) groups is 1. The number of nitrogens with zero attached hydrogens (tertiary/aromatic N) is 2. The zero-order chi connectivity index (χ0) is 7.11. The first-order chi connectivity index (χ1) is 4.23. The second kappa shape index (κ2) is 4.76. The lowest BCUT2D eigenvalue weighted by Gasteiger charge is -1.60. The maximum absolute atomic E-state index is 9.22. The highest BCUT2D eigenvalue weighted by Crippen LogP contribution is 1.64. The Kier molecular flexibility index (Phi) is 4.03. The molecule has 50 valence electrons. The van der Waals surface area contributed by atoms with Crippen molar-refractivity contribution in [1.29, 1.82) is 0 Å². The van der Waals surface area contributed by atoms with Gasteiger partial charge in [0.25, 0.3) is 0 Å². The van der Waals surface area contributed by atoms with Crippen LogP contribution in [0.1, 0.15) is 6.92 Å². The highest BCUT2D eigenvalue weighted by molar-refractivity contribution is 5.70. The van der Waals surface area contributed by atoms with Crippen molar-refractivity contribution in [2.45, 2.75) is 6.92 Å². The fourth-order valence-electron chi connectivity index (χ4n) is 0.136. The van der Waals surface area contributed by atoms with Crippen LogP contribution in [0.2, 0.25) is 0 Å². The Bertz CT molecular complexity index is 128. The van der Waals surface area contributed by atoms with Crippen molar-refractivity contribution in [3.8, 4) is 0 Å². The van der Waals surface area contributed by atoms with Gasteiger partial charge in [0.15, 0.2) is 0 Å². The maximum atomic E-state index is 9.22. The Balaban J connectivity index is 0.000000148. The van der Waals surface area contributed by atoms with Crippen molar-refractivity contribution in [1.82, 2.24) is 10.4 Å². The first-order valence-corrected chi connectivity index (χ1v) is 2.20. The standard InChI is InChI=1S/C2H2N2O.C2H5NO/c1-2-5-4-3-1;1-2(3)4/h1-2H;1H3,(H2,3,4). The molecule has 0 saturated heterocycles. The molecule has 0 radical (unpaired) electrons. The molecule has 0 bridgehead atoms. The van der Waals surface area contributed by atoms with E-state index in [1.807, 2.05) is 0 Å². The van der Waals surface area contributed by atoms with E-state index in [9.17, 15) is 4.79 Å². The molecule has 2 N–H and O–H groups in total. The topological polar surface area (TPSA) is 82.0 Å². The van der Waals surface area contributed by atoms with Gasteiger partial charge in [0.1, 0.15) is 6.26 Å². The second-order valence-electron chi connectivity index (χ2n) is 1.20. The predicted octanol–water partition coefficient (Wildman–Crippen LogP) is -0.439. The van der Waals surface area contributed by atoms with E-state index in [1.54, 1.807) is 0 Å². The molecular weight excluding hydrogens is 122 g/mol. The van der Waals surface area contributed by atoms with Crippen LogP contribution in [0.3, 0.4) is 0 Å². The van der Waals surface area contributed by atoms with E-state index in [1.165, 1.54) is 19.4 Å². The largest absolute Gasteiger partial charge is 0.370 e. The molecule has 0 unspecified atom stereocenters. The van der Waals surface area contributed by atoms with E-state index in [0.717, 1.165) is 0 Å². The zero-order valence-electron chi connectivity index (χ0n) is 4.94. The summed E-state index contributed by atoms with van der Waals surface area (Å²) in [6, 6.07) is 0. The maximum Gasteiger partial charge on any atom is 0.214 e. The van der Waals surface area contributed by atoms with Crippen LogP contribution in [0.5, 0.6) is 0 Å². The first kappa shape index (κ1) is 7.61. The summed E-state index contributed by atoms with van der Waals surface area (Å²) in [5, 5.41) is 6.40. The summed E-state index contributed by atoms with van der Waals surface area (Å²) in [7, 11) is 0. The lowest BCUT2D eigenvalue weighted by molar-refractivity contribution is -0.115. The van der Waals surface area contributed by atoms with Gasteiger partial charge in [-0.3, -0.25) is 4.79 Å². The minimum absolute atomic E-state index is 0.333. The van der Waals surface area contributed by atoms with Gasteiger partial charge in [-0.1, -0.05) is 0 Å². The molecule has 1 aromatic rings. The molecule has 0 saturated carbocycles. The molecule has 9 heavy (non-hydrogen) atoms. The van der Waals surface area contributed by atoms with E-state index in [0.29, 0.717) is 0 Å². The smallest absolute Gasteiger partial charge is 0.214 e. The number of hydrogen-bond acceptors (Lipinski definition) is 4. The van der Waals surface area contributed by atoms with Gasteiger partial charge in [-0.2, -0.15) is 0 Å². The molecule has 0 spiro atoms. The van der Waals surface area contributed by atoms with Crippen molar-refractivity contribution in [2.24, 2.45) is 5.73 Å². The fraction of sp³-hybridized carbons (Fsp3) is 0.250. The molecule has 0 aromatic carbocycles. The van der Waals surface area contributed by atoms with Crippen LogP contribution in [-0.2, 0) is 4.79 Å². The van der Waals surface area contributed by atoms with Crippen LogP contribution in [0.4, 0.5) is 0 Å². The molecule has 0 aliphatic heterocycles. The molecule has 1 aromatic heterocycles.